The lowest BCUT2D eigenvalue weighted by molar-refractivity contribution is 0.343. The van der Waals surface area contributed by atoms with Crippen LogP contribution in [0.5, 0.6) is 5.75 Å². The fourth-order valence-corrected chi connectivity index (χ4v) is 2.89. The molecule has 0 atom stereocenters. The highest BCUT2D eigenvalue weighted by Crippen LogP contribution is 2.27. The number of aromatic nitrogens is 2. The molecule has 3 rings (SSSR count). The maximum absolute atomic E-state index is 5.65. The Bertz CT molecular complexity index is 805. The van der Waals surface area contributed by atoms with Crippen LogP contribution in [-0.2, 0) is 0 Å². The molecule has 0 aliphatic carbocycles. The number of hydrogen-bond donors (Lipinski definition) is 1. The number of halogens is 1. The van der Waals surface area contributed by atoms with Crippen LogP contribution in [-0.4, -0.2) is 16.2 Å². The lowest BCUT2D eigenvalue weighted by atomic mass is 10.2. The molecule has 0 aliphatic heterocycles. The summed E-state index contributed by atoms with van der Waals surface area (Å²) >= 11 is 7.76. The van der Waals surface area contributed by atoms with Crippen molar-refractivity contribution in [1.82, 2.24) is 9.55 Å². The molecule has 0 spiro atoms. The van der Waals surface area contributed by atoms with E-state index in [9.17, 15) is 0 Å². The monoisotopic (exact) mass is 396 g/mol. The van der Waals surface area contributed by atoms with Gasteiger partial charge in [0.05, 0.1) is 12.1 Å². The Morgan fingerprint density at radius 2 is 1.95 bits per heavy atom. The van der Waals surface area contributed by atoms with Gasteiger partial charge in [0, 0.05) is 9.26 Å². The van der Waals surface area contributed by atoms with Crippen LogP contribution >= 0.6 is 34.8 Å². The smallest absolute Gasteiger partial charge is 0.182 e. The Kier molecular flexibility index (Phi) is 3.80. The van der Waals surface area contributed by atoms with Gasteiger partial charge in [-0.2, -0.15) is 0 Å². The first kappa shape index (κ1) is 13.6. The molecule has 5 heteroatoms. The van der Waals surface area contributed by atoms with Gasteiger partial charge in [0.2, 0.25) is 0 Å². The Balaban J connectivity index is 2.26. The average molecular weight is 396 g/mol. The van der Waals surface area contributed by atoms with Crippen molar-refractivity contribution in [2.75, 3.05) is 6.61 Å². The molecule has 0 fully saturated rings. The summed E-state index contributed by atoms with van der Waals surface area (Å²) in [6, 6.07) is 14.3. The van der Waals surface area contributed by atoms with E-state index in [4.69, 9.17) is 17.0 Å². The summed E-state index contributed by atoms with van der Waals surface area (Å²) in [5.74, 6) is 0.834. The second-order valence-corrected chi connectivity index (χ2v) is 5.96. The van der Waals surface area contributed by atoms with Crippen LogP contribution in [0.15, 0.2) is 42.5 Å². The van der Waals surface area contributed by atoms with Crippen molar-refractivity contribution < 1.29 is 4.74 Å². The lowest BCUT2D eigenvalue weighted by Crippen LogP contribution is -1.94. The molecule has 3 nitrogen and oxygen atoms in total. The molecule has 0 aliphatic rings. The highest BCUT2D eigenvalue weighted by molar-refractivity contribution is 14.1. The lowest BCUT2D eigenvalue weighted by Gasteiger charge is -2.06. The Hall–Kier alpha value is -1.34. The zero-order chi connectivity index (χ0) is 14.1. The predicted molar refractivity (Wildman–Crippen MR) is 92.3 cm³/mol. The summed E-state index contributed by atoms with van der Waals surface area (Å²) in [4.78, 5) is 3.24. The molecule has 2 aromatic carbocycles. The van der Waals surface area contributed by atoms with E-state index in [0.29, 0.717) is 11.4 Å². The van der Waals surface area contributed by atoms with E-state index >= 15 is 0 Å². The van der Waals surface area contributed by atoms with E-state index in [2.05, 4.69) is 51.8 Å². The van der Waals surface area contributed by atoms with Crippen molar-refractivity contribution in [2.45, 2.75) is 6.92 Å². The SMILES string of the molecule is CCOc1cccc2c1[nH]c(=S)n2-c1ccc(I)cc1. The number of nitrogens with one attached hydrogen (secondary N) is 1. The predicted octanol–water partition coefficient (Wildman–Crippen LogP) is 4.69. The Labute approximate surface area is 135 Å². The van der Waals surface area contributed by atoms with Gasteiger partial charge in [0.25, 0.3) is 0 Å². The van der Waals surface area contributed by atoms with E-state index in [0.717, 1.165) is 22.5 Å². The highest BCUT2D eigenvalue weighted by atomic mass is 127. The molecule has 0 amide bonds. The number of hydrogen-bond acceptors (Lipinski definition) is 2. The van der Waals surface area contributed by atoms with Crippen LogP contribution in [0.1, 0.15) is 6.92 Å². The summed E-state index contributed by atoms with van der Waals surface area (Å²) in [5, 5.41) is 0. The van der Waals surface area contributed by atoms with Crippen molar-refractivity contribution in [2.24, 2.45) is 0 Å². The van der Waals surface area contributed by atoms with Crippen LogP contribution in [0.4, 0.5) is 0 Å². The minimum absolute atomic E-state index is 0.633. The molecule has 0 saturated carbocycles. The van der Waals surface area contributed by atoms with Crippen LogP contribution < -0.4 is 4.74 Å². The highest BCUT2D eigenvalue weighted by Gasteiger charge is 2.10. The Morgan fingerprint density at radius 1 is 1.20 bits per heavy atom. The molecule has 0 saturated heterocycles. The van der Waals surface area contributed by atoms with Crippen molar-refractivity contribution in [3.8, 4) is 11.4 Å². The summed E-state index contributed by atoms with van der Waals surface area (Å²) in [5.41, 5.74) is 3.02. The number of para-hydroxylation sites is 1. The summed E-state index contributed by atoms with van der Waals surface area (Å²) in [7, 11) is 0. The maximum Gasteiger partial charge on any atom is 0.182 e. The first-order chi connectivity index (χ1) is 9.70. The van der Waals surface area contributed by atoms with Crippen molar-refractivity contribution in [3.63, 3.8) is 0 Å². The fraction of sp³-hybridized carbons (Fsp3) is 0.133. The number of nitrogens with zero attached hydrogens (tertiary/aromatic N) is 1. The molecule has 1 aromatic heterocycles. The molecule has 102 valence electrons. The Morgan fingerprint density at radius 3 is 2.65 bits per heavy atom. The maximum atomic E-state index is 5.65. The number of imidazole rings is 1. The zero-order valence-electron chi connectivity index (χ0n) is 10.9. The third kappa shape index (κ3) is 2.35. The standard InChI is InChI=1S/C15H13IN2OS/c1-2-19-13-5-3-4-12-14(13)17-15(20)18(12)11-8-6-10(16)7-9-11/h3-9H,2H2,1H3,(H,17,20). The number of H-pyrrole nitrogens is 1. The largest absolute Gasteiger partial charge is 0.492 e. The van der Waals surface area contributed by atoms with Crippen LogP contribution in [0.3, 0.4) is 0 Å². The molecule has 20 heavy (non-hydrogen) atoms. The van der Waals surface area contributed by atoms with Gasteiger partial charge in [-0.15, -0.1) is 0 Å². The van der Waals surface area contributed by atoms with Gasteiger partial charge in [-0.1, -0.05) is 6.07 Å². The molecule has 0 bridgehead atoms. The van der Waals surface area contributed by atoms with E-state index in [1.54, 1.807) is 0 Å². The number of aromatic amines is 1. The van der Waals surface area contributed by atoms with Gasteiger partial charge >= 0.3 is 0 Å². The first-order valence-corrected chi connectivity index (χ1v) is 7.82. The van der Waals surface area contributed by atoms with Crippen LogP contribution in [0.25, 0.3) is 16.7 Å². The van der Waals surface area contributed by atoms with E-state index < -0.39 is 0 Å². The van der Waals surface area contributed by atoms with Crippen molar-refractivity contribution in [1.29, 1.82) is 0 Å². The number of rotatable bonds is 3. The van der Waals surface area contributed by atoms with Crippen LogP contribution in [0.2, 0.25) is 0 Å². The molecule has 3 aromatic rings. The number of fused-ring (bicyclic) bond motifs is 1. The summed E-state index contributed by atoms with van der Waals surface area (Å²) in [6.07, 6.45) is 0. The number of benzene rings is 2. The van der Waals surface area contributed by atoms with Gasteiger partial charge in [0.1, 0.15) is 11.3 Å². The molecule has 0 radical (unpaired) electrons. The molecule has 1 heterocycles. The van der Waals surface area contributed by atoms with Crippen LogP contribution in [0, 0.1) is 8.34 Å². The second-order valence-electron chi connectivity index (χ2n) is 4.33. The van der Waals surface area contributed by atoms with Crippen molar-refractivity contribution in [3.05, 3.63) is 50.8 Å². The minimum Gasteiger partial charge on any atom is -0.492 e. The topological polar surface area (TPSA) is 29.9 Å². The zero-order valence-corrected chi connectivity index (χ0v) is 13.9. The molecule has 0 unspecified atom stereocenters. The van der Waals surface area contributed by atoms with Crippen molar-refractivity contribution >= 4 is 45.8 Å². The molecular weight excluding hydrogens is 383 g/mol. The minimum atomic E-state index is 0.633. The van der Waals surface area contributed by atoms with E-state index in [1.807, 2.05) is 29.7 Å². The third-order valence-corrected chi connectivity index (χ3v) is 4.07. The summed E-state index contributed by atoms with van der Waals surface area (Å²) < 4.78 is 9.56. The third-order valence-electron chi connectivity index (χ3n) is 3.06. The second kappa shape index (κ2) is 5.57. The van der Waals surface area contributed by atoms with E-state index in [1.165, 1.54) is 3.57 Å². The molecular formula is C15H13IN2OS. The first-order valence-electron chi connectivity index (χ1n) is 6.33. The normalized spacial score (nSPS) is 10.9. The van der Waals surface area contributed by atoms with Gasteiger partial charge < -0.3 is 9.72 Å². The fourth-order valence-electron chi connectivity index (χ4n) is 2.23. The molecule has 1 N–H and O–H groups in total. The average Bonchev–Trinajstić information content (AvgIpc) is 2.78. The van der Waals surface area contributed by atoms with Gasteiger partial charge in [-0.25, -0.2) is 0 Å². The van der Waals surface area contributed by atoms with Gasteiger partial charge in [-0.05, 0) is 78.1 Å². The van der Waals surface area contributed by atoms with Gasteiger partial charge in [0.15, 0.2) is 4.77 Å². The van der Waals surface area contributed by atoms with E-state index in [-0.39, 0.29) is 0 Å². The quantitative estimate of drug-likeness (QED) is 0.514. The van der Waals surface area contributed by atoms with Gasteiger partial charge in [-0.3, -0.25) is 4.57 Å². The number of ether oxygens (including phenoxy) is 1. The summed E-state index contributed by atoms with van der Waals surface area (Å²) in [6.45, 7) is 2.61.